The first-order valence-corrected chi connectivity index (χ1v) is 10.0. The van der Waals surface area contributed by atoms with E-state index in [-0.39, 0.29) is 29.9 Å². The minimum Gasteiger partial charge on any atom is -0.325 e. The Bertz CT molecular complexity index is 870. The van der Waals surface area contributed by atoms with Crippen LogP contribution in [0.3, 0.4) is 0 Å². The fourth-order valence-electron chi connectivity index (χ4n) is 2.92. The molecule has 0 spiro atoms. The maximum atomic E-state index is 12.7. The summed E-state index contributed by atoms with van der Waals surface area (Å²) in [7, 11) is 0. The number of benzene rings is 2. The molecule has 1 aliphatic heterocycles. The van der Waals surface area contributed by atoms with Crippen LogP contribution in [0.15, 0.2) is 48.5 Å². The van der Waals surface area contributed by atoms with Crippen LogP contribution in [0.4, 0.5) is 11.4 Å². The number of imide groups is 1. The number of rotatable bonds is 6. The highest BCUT2D eigenvalue weighted by molar-refractivity contribution is 8.01. The van der Waals surface area contributed by atoms with Gasteiger partial charge in [-0.15, -0.1) is 11.8 Å². The van der Waals surface area contributed by atoms with Gasteiger partial charge in [0.15, 0.2) is 0 Å². The van der Waals surface area contributed by atoms with Crippen molar-refractivity contribution in [3.8, 4) is 0 Å². The van der Waals surface area contributed by atoms with E-state index < -0.39 is 5.25 Å². The number of para-hydroxylation sites is 1. The lowest BCUT2D eigenvalue weighted by atomic mass is 10.1. The Labute approximate surface area is 167 Å². The van der Waals surface area contributed by atoms with Crippen molar-refractivity contribution in [3.05, 3.63) is 59.1 Å². The monoisotopic (exact) mass is 402 g/mol. The highest BCUT2D eigenvalue weighted by Gasteiger charge is 2.40. The van der Waals surface area contributed by atoms with Crippen molar-refractivity contribution in [3.63, 3.8) is 0 Å². The number of halogens is 1. The van der Waals surface area contributed by atoms with Gasteiger partial charge in [-0.3, -0.25) is 14.4 Å². The van der Waals surface area contributed by atoms with Gasteiger partial charge in [0.1, 0.15) is 0 Å². The van der Waals surface area contributed by atoms with Crippen LogP contribution in [0.5, 0.6) is 0 Å². The SMILES string of the molecule is CCc1ccccc1N1C(=O)CC(SCC(=O)Nc2ccc(Cl)cc2)C1=O. The van der Waals surface area contributed by atoms with Crippen molar-refractivity contribution in [2.45, 2.75) is 25.0 Å². The zero-order valence-electron chi connectivity index (χ0n) is 14.8. The van der Waals surface area contributed by atoms with Crippen molar-refractivity contribution in [2.24, 2.45) is 0 Å². The summed E-state index contributed by atoms with van der Waals surface area (Å²) in [6.07, 6.45) is 0.838. The second-order valence-electron chi connectivity index (χ2n) is 6.11. The minimum absolute atomic E-state index is 0.0928. The fourth-order valence-corrected chi connectivity index (χ4v) is 3.98. The first-order valence-electron chi connectivity index (χ1n) is 8.61. The first kappa shape index (κ1) is 19.5. The number of amides is 3. The first-order chi connectivity index (χ1) is 13.0. The van der Waals surface area contributed by atoms with Crippen LogP contribution in [-0.2, 0) is 20.8 Å². The third-order valence-corrected chi connectivity index (χ3v) is 5.71. The van der Waals surface area contributed by atoms with E-state index in [2.05, 4.69) is 5.32 Å². The molecule has 0 bridgehead atoms. The molecule has 1 unspecified atom stereocenters. The third kappa shape index (κ3) is 4.51. The van der Waals surface area contributed by atoms with Gasteiger partial charge in [-0.25, -0.2) is 4.90 Å². The minimum atomic E-state index is -0.543. The number of thioether (sulfide) groups is 1. The Morgan fingerprint density at radius 1 is 1.19 bits per heavy atom. The maximum absolute atomic E-state index is 12.7. The Balaban J connectivity index is 1.61. The summed E-state index contributed by atoms with van der Waals surface area (Å²) in [6, 6.07) is 14.2. The van der Waals surface area contributed by atoms with Gasteiger partial charge in [-0.05, 0) is 42.3 Å². The molecule has 1 fully saturated rings. The molecule has 1 aliphatic rings. The Kier molecular flexibility index (Phi) is 6.19. The Hall–Kier alpha value is -2.31. The van der Waals surface area contributed by atoms with Gasteiger partial charge in [0, 0.05) is 17.1 Å². The van der Waals surface area contributed by atoms with Gasteiger partial charge in [0.2, 0.25) is 17.7 Å². The summed E-state index contributed by atoms with van der Waals surface area (Å²) < 4.78 is 0. The largest absolute Gasteiger partial charge is 0.325 e. The van der Waals surface area contributed by atoms with Crippen LogP contribution >= 0.6 is 23.4 Å². The smallest absolute Gasteiger partial charge is 0.247 e. The van der Waals surface area contributed by atoms with E-state index in [9.17, 15) is 14.4 Å². The highest BCUT2D eigenvalue weighted by atomic mass is 35.5. The molecule has 3 rings (SSSR count). The third-order valence-electron chi connectivity index (χ3n) is 4.26. The van der Waals surface area contributed by atoms with Crippen molar-refractivity contribution >= 4 is 52.5 Å². The quantitative estimate of drug-likeness (QED) is 0.744. The lowest BCUT2D eigenvalue weighted by Gasteiger charge is -2.18. The highest BCUT2D eigenvalue weighted by Crippen LogP contribution is 2.32. The van der Waals surface area contributed by atoms with E-state index in [0.717, 1.165) is 12.0 Å². The molecule has 0 aromatic heterocycles. The number of carbonyl (C=O) groups excluding carboxylic acids is 3. The number of carbonyl (C=O) groups is 3. The molecule has 27 heavy (non-hydrogen) atoms. The van der Waals surface area contributed by atoms with Gasteiger partial charge < -0.3 is 5.32 Å². The van der Waals surface area contributed by atoms with E-state index in [1.807, 2.05) is 25.1 Å². The molecule has 1 saturated heterocycles. The molecule has 3 amide bonds. The van der Waals surface area contributed by atoms with E-state index in [1.165, 1.54) is 16.7 Å². The summed E-state index contributed by atoms with van der Waals surface area (Å²) >= 11 is 7.01. The summed E-state index contributed by atoms with van der Waals surface area (Å²) in [5.74, 6) is -0.619. The number of anilines is 2. The molecule has 0 saturated carbocycles. The summed E-state index contributed by atoms with van der Waals surface area (Å²) in [4.78, 5) is 38.5. The molecule has 2 aromatic rings. The van der Waals surface area contributed by atoms with E-state index >= 15 is 0 Å². The van der Waals surface area contributed by atoms with E-state index in [4.69, 9.17) is 11.6 Å². The van der Waals surface area contributed by atoms with Crippen LogP contribution in [0.1, 0.15) is 18.9 Å². The molecule has 0 aliphatic carbocycles. The van der Waals surface area contributed by atoms with E-state index in [1.54, 1.807) is 30.3 Å². The standard InChI is InChI=1S/C20H19ClN2O3S/c1-2-13-5-3-4-6-16(13)23-19(25)11-17(20(23)26)27-12-18(24)22-15-9-7-14(21)8-10-15/h3-10,17H,2,11-12H2,1H3,(H,22,24). The number of hydrogen-bond acceptors (Lipinski definition) is 4. The van der Waals surface area contributed by atoms with Crippen molar-refractivity contribution < 1.29 is 14.4 Å². The number of nitrogens with zero attached hydrogens (tertiary/aromatic N) is 1. The molecule has 0 radical (unpaired) electrons. The normalized spacial score (nSPS) is 16.7. The summed E-state index contributed by atoms with van der Waals surface area (Å²) in [5, 5.41) is 2.80. The topological polar surface area (TPSA) is 66.5 Å². The molecule has 1 N–H and O–H groups in total. The van der Waals surface area contributed by atoms with Crippen LogP contribution in [0, 0.1) is 0 Å². The molecule has 5 nitrogen and oxygen atoms in total. The van der Waals surface area contributed by atoms with Crippen molar-refractivity contribution in [2.75, 3.05) is 16.0 Å². The summed E-state index contributed by atoms with van der Waals surface area (Å²) in [6.45, 7) is 1.98. The molecular formula is C20H19ClN2O3S. The predicted molar refractivity (Wildman–Crippen MR) is 109 cm³/mol. The van der Waals surface area contributed by atoms with Crippen LogP contribution < -0.4 is 10.2 Å². The predicted octanol–water partition coefficient (Wildman–Crippen LogP) is 3.91. The number of hydrogen-bond donors (Lipinski definition) is 1. The maximum Gasteiger partial charge on any atom is 0.247 e. The Morgan fingerprint density at radius 2 is 1.89 bits per heavy atom. The molecular weight excluding hydrogens is 384 g/mol. The van der Waals surface area contributed by atoms with Crippen LogP contribution in [0.2, 0.25) is 5.02 Å². The van der Waals surface area contributed by atoms with Gasteiger partial charge in [-0.2, -0.15) is 0 Å². The van der Waals surface area contributed by atoms with Gasteiger partial charge in [-0.1, -0.05) is 36.7 Å². The number of aryl methyl sites for hydroxylation is 1. The second-order valence-corrected chi connectivity index (χ2v) is 7.74. The average Bonchev–Trinajstić information content (AvgIpc) is 2.95. The zero-order valence-corrected chi connectivity index (χ0v) is 16.3. The van der Waals surface area contributed by atoms with Gasteiger partial charge in [0.25, 0.3) is 0 Å². The molecule has 140 valence electrons. The molecule has 7 heteroatoms. The fraction of sp³-hybridized carbons (Fsp3) is 0.250. The lowest BCUT2D eigenvalue weighted by Crippen LogP contribution is -2.32. The zero-order chi connectivity index (χ0) is 19.4. The lowest BCUT2D eigenvalue weighted by molar-refractivity contribution is -0.121. The van der Waals surface area contributed by atoms with Gasteiger partial charge >= 0.3 is 0 Å². The van der Waals surface area contributed by atoms with Gasteiger partial charge in [0.05, 0.1) is 16.7 Å². The molecule has 1 atom stereocenters. The Morgan fingerprint density at radius 3 is 2.59 bits per heavy atom. The second kappa shape index (κ2) is 8.59. The van der Waals surface area contributed by atoms with E-state index in [0.29, 0.717) is 16.4 Å². The average molecular weight is 403 g/mol. The van der Waals surface area contributed by atoms with Crippen LogP contribution in [-0.4, -0.2) is 28.7 Å². The molecule has 1 heterocycles. The van der Waals surface area contributed by atoms with Crippen molar-refractivity contribution in [1.82, 2.24) is 0 Å². The van der Waals surface area contributed by atoms with Crippen molar-refractivity contribution in [1.29, 1.82) is 0 Å². The molecule has 2 aromatic carbocycles. The van der Waals surface area contributed by atoms with Crippen LogP contribution in [0.25, 0.3) is 0 Å². The summed E-state index contributed by atoms with van der Waals surface area (Å²) in [5.41, 5.74) is 2.23. The number of nitrogens with one attached hydrogen (secondary N) is 1.